The van der Waals surface area contributed by atoms with Crippen LogP contribution in [-0.4, -0.2) is 4.98 Å². The second-order valence-corrected chi connectivity index (χ2v) is 5.71. The van der Waals surface area contributed by atoms with Crippen LogP contribution in [0.15, 0.2) is 23.0 Å². The van der Waals surface area contributed by atoms with Gasteiger partial charge in [0, 0.05) is 20.7 Å². The van der Waals surface area contributed by atoms with Crippen LogP contribution < -0.4 is 5.43 Å². The minimum Gasteiger partial charge on any atom is -0.357 e. The smallest absolute Gasteiger partial charge is 0.189 e. The van der Waals surface area contributed by atoms with Crippen LogP contribution in [0.4, 0.5) is 0 Å². The van der Waals surface area contributed by atoms with Gasteiger partial charge in [-0.2, -0.15) is 0 Å². The van der Waals surface area contributed by atoms with Crippen LogP contribution in [0.1, 0.15) is 25.5 Å². The summed E-state index contributed by atoms with van der Waals surface area (Å²) in [4.78, 5) is 15.2. The lowest BCUT2D eigenvalue weighted by atomic mass is 10.1. The van der Waals surface area contributed by atoms with Gasteiger partial charge in [0.2, 0.25) is 0 Å². The van der Waals surface area contributed by atoms with Crippen molar-refractivity contribution < 1.29 is 0 Å². The van der Waals surface area contributed by atoms with Gasteiger partial charge >= 0.3 is 0 Å². The third-order valence-corrected chi connectivity index (χ3v) is 3.42. The Kier molecular flexibility index (Phi) is 3.26. The molecular formula is C12H11ClINO. The molecule has 0 radical (unpaired) electrons. The van der Waals surface area contributed by atoms with Crippen molar-refractivity contribution in [3.63, 3.8) is 0 Å². The quantitative estimate of drug-likeness (QED) is 0.780. The molecule has 2 rings (SSSR count). The first-order valence-corrected chi connectivity index (χ1v) is 6.46. The first-order valence-electron chi connectivity index (χ1n) is 5.01. The summed E-state index contributed by atoms with van der Waals surface area (Å²) in [5.41, 5.74) is 1.68. The molecule has 0 atom stereocenters. The number of hydrogen-bond acceptors (Lipinski definition) is 1. The lowest BCUT2D eigenvalue weighted by molar-refractivity contribution is 0.828. The molecule has 4 heteroatoms. The molecule has 0 amide bonds. The SMILES string of the molecule is CC(C)c1cc(=O)c2cc(I)cc(Cl)c2[nH]1. The second-order valence-electron chi connectivity index (χ2n) is 4.05. The Hall–Kier alpha value is -0.550. The van der Waals surface area contributed by atoms with Crippen molar-refractivity contribution >= 4 is 45.1 Å². The van der Waals surface area contributed by atoms with Gasteiger partial charge in [-0.05, 0) is 40.6 Å². The van der Waals surface area contributed by atoms with Gasteiger partial charge in [0.15, 0.2) is 5.43 Å². The molecule has 0 spiro atoms. The van der Waals surface area contributed by atoms with Crippen molar-refractivity contribution in [3.8, 4) is 0 Å². The molecule has 1 aromatic carbocycles. The Labute approximate surface area is 112 Å². The topological polar surface area (TPSA) is 32.9 Å². The molecule has 84 valence electrons. The zero-order valence-electron chi connectivity index (χ0n) is 8.97. The number of aromatic amines is 1. The van der Waals surface area contributed by atoms with E-state index in [1.165, 1.54) is 0 Å². The van der Waals surface area contributed by atoms with Gasteiger partial charge in [0.25, 0.3) is 0 Å². The molecule has 1 heterocycles. The zero-order valence-corrected chi connectivity index (χ0v) is 11.9. The van der Waals surface area contributed by atoms with E-state index < -0.39 is 0 Å². The van der Waals surface area contributed by atoms with Gasteiger partial charge in [-0.3, -0.25) is 4.79 Å². The number of halogens is 2. The molecule has 0 aliphatic carbocycles. The number of aromatic nitrogens is 1. The molecule has 0 aliphatic rings. The van der Waals surface area contributed by atoms with Crippen molar-refractivity contribution in [1.29, 1.82) is 0 Å². The van der Waals surface area contributed by atoms with Crippen molar-refractivity contribution in [3.05, 3.63) is 42.7 Å². The maximum atomic E-state index is 11.9. The predicted octanol–water partition coefficient (Wildman–Crippen LogP) is 3.91. The monoisotopic (exact) mass is 347 g/mol. The van der Waals surface area contributed by atoms with E-state index in [0.29, 0.717) is 10.4 Å². The summed E-state index contributed by atoms with van der Waals surface area (Å²) in [5.74, 6) is 0.285. The summed E-state index contributed by atoms with van der Waals surface area (Å²) in [6.45, 7) is 4.08. The molecule has 16 heavy (non-hydrogen) atoms. The number of fused-ring (bicyclic) bond motifs is 1. The summed E-state index contributed by atoms with van der Waals surface area (Å²) in [5, 5.41) is 1.25. The Morgan fingerprint density at radius 1 is 1.31 bits per heavy atom. The van der Waals surface area contributed by atoms with E-state index in [1.807, 2.05) is 26.0 Å². The van der Waals surface area contributed by atoms with E-state index in [2.05, 4.69) is 27.6 Å². The summed E-state index contributed by atoms with van der Waals surface area (Å²) in [7, 11) is 0. The number of hydrogen-bond donors (Lipinski definition) is 1. The Morgan fingerprint density at radius 3 is 2.62 bits per heavy atom. The summed E-state index contributed by atoms with van der Waals surface area (Å²) in [6, 6.07) is 5.36. The van der Waals surface area contributed by atoms with Crippen molar-refractivity contribution in [2.24, 2.45) is 0 Å². The van der Waals surface area contributed by atoms with Gasteiger partial charge < -0.3 is 4.98 Å². The Morgan fingerprint density at radius 2 is 2.00 bits per heavy atom. The van der Waals surface area contributed by atoms with Crippen LogP contribution in [-0.2, 0) is 0 Å². The van der Waals surface area contributed by atoms with Crippen molar-refractivity contribution in [2.75, 3.05) is 0 Å². The molecule has 0 saturated carbocycles. The van der Waals surface area contributed by atoms with E-state index in [0.717, 1.165) is 14.8 Å². The normalized spacial score (nSPS) is 11.3. The van der Waals surface area contributed by atoms with Crippen LogP contribution in [0.25, 0.3) is 10.9 Å². The van der Waals surface area contributed by atoms with Crippen LogP contribution >= 0.6 is 34.2 Å². The maximum Gasteiger partial charge on any atom is 0.189 e. The standard InChI is InChI=1S/C12H11ClINO/c1-6(2)10-5-11(16)8-3-7(14)4-9(13)12(8)15-10/h3-6H,1-2H3,(H,15,16). The molecule has 0 bridgehead atoms. The van der Waals surface area contributed by atoms with Gasteiger partial charge in [0.05, 0.1) is 10.5 Å². The number of nitrogens with one attached hydrogen (secondary N) is 1. The maximum absolute atomic E-state index is 11.9. The third-order valence-electron chi connectivity index (χ3n) is 2.50. The van der Waals surface area contributed by atoms with Gasteiger partial charge in [-0.1, -0.05) is 25.4 Å². The molecule has 1 N–H and O–H groups in total. The van der Waals surface area contributed by atoms with E-state index in [4.69, 9.17) is 11.6 Å². The van der Waals surface area contributed by atoms with Gasteiger partial charge in [0.1, 0.15) is 0 Å². The molecule has 0 saturated heterocycles. The summed E-state index contributed by atoms with van der Waals surface area (Å²) < 4.78 is 0.970. The van der Waals surface area contributed by atoms with Crippen LogP contribution in [0.3, 0.4) is 0 Å². The first kappa shape index (κ1) is 11.9. The predicted molar refractivity (Wildman–Crippen MR) is 76.4 cm³/mol. The Balaban J connectivity index is 2.87. The molecular weight excluding hydrogens is 336 g/mol. The highest BCUT2D eigenvalue weighted by Crippen LogP contribution is 2.24. The van der Waals surface area contributed by atoms with Crippen LogP contribution in [0, 0.1) is 3.57 Å². The summed E-state index contributed by atoms with van der Waals surface area (Å²) >= 11 is 8.29. The largest absolute Gasteiger partial charge is 0.357 e. The van der Waals surface area contributed by atoms with Gasteiger partial charge in [-0.15, -0.1) is 0 Å². The highest BCUT2D eigenvalue weighted by Gasteiger charge is 2.08. The first-order chi connectivity index (χ1) is 7.49. The lowest BCUT2D eigenvalue weighted by Crippen LogP contribution is -2.06. The van der Waals surface area contributed by atoms with E-state index in [1.54, 1.807) is 6.07 Å². The van der Waals surface area contributed by atoms with E-state index in [9.17, 15) is 4.79 Å². The minimum absolute atomic E-state index is 0.0258. The average molecular weight is 348 g/mol. The molecule has 0 fully saturated rings. The fourth-order valence-corrected chi connectivity index (χ4v) is 2.68. The number of benzene rings is 1. The third kappa shape index (κ3) is 2.11. The average Bonchev–Trinajstić information content (AvgIpc) is 2.19. The van der Waals surface area contributed by atoms with Crippen molar-refractivity contribution in [1.82, 2.24) is 4.98 Å². The molecule has 2 aromatic rings. The molecule has 0 unspecified atom stereocenters. The lowest BCUT2D eigenvalue weighted by Gasteiger charge is -2.08. The zero-order chi connectivity index (χ0) is 11.9. The number of H-pyrrole nitrogens is 1. The Bertz CT molecular complexity index is 604. The fraction of sp³-hybridized carbons (Fsp3) is 0.250. The summed E-state index contributed by atoms with van der Waals surface area (Å²) in [6.07, 6.45) is 0. The van der Waals surface area contributed by atoms with Crippen molar-refractivity contribution in [2.45, 2.75) is 19.8 Å². The van der Waals surface area contributed by atoms with Gasteiger partial charge in [-0.25, -0.2) is 0 Å². The number of pyridine rings is 1. The van der Waals surface area contributed by atoms with Crippen LogP contribution in [0.5, 0.6) is 0 Å². The second kappa shape index (κ2) is 4.37. The number of rotatable bonds is 1. The molecule has 1 aromatic heterocycles. The van der Waals surface area contributed by atoms with E-state index in [-0.39, 0.29) is 11.3 Å². The van der Waals surface area contributed by atoms with E-state index >= 15 is 0 Å². The highest BCUT2D eigenvalue weighted by molar-refractivity contribution is 14.1. The molecule has 2 nitrogen and oxygen atoms in total. The minimum atomic E-state index is 0.0258. The fourth-order valence-electron chi connectivity index (χ4n) is 1.61. The highest BCUT2D eigenvalue weighted by atomic mass is 127. The van der Waals surface area contributed by atoms with Crippen LogP contribution in [0.2, 0.25) is 5.02 Å². The molecule has 0 aliphatic heterocycles.